The predicted octanol–water partition coefficient (Wildman–Crippen LogP) is 0.211. The molecule has 0 aliphatic carbocycles. The monoisotopic (exact) mass is 129 g/mol. The SMILES string of the molecule is CN(C)C1CCC(=O)O1. The van der Waals surface area contributed by atoms with Crippen LogP contribution in [0.3, 0.4) is 0 Å². The highest BCUT2D eigenvalue weighted by atomic mass is 16.6. The van der Waals surface area contributed by atoms with Gasteiger partial charge in [0.2, 0.25) is 0 Å². The topological polar surface area (TPSA) is 29.5 Å². The van der Waals surface area contributed by atoms with Gasteiger partial charge >= 0.3 is 5.97 Å². The minimum Gasteiger partial charge on any atom is -0.446 e. The standard InChI is InChI=1S/C6H11NO2/c1-7(2)5-3-4-6(8)9-5/h5H,3-4H2,1-2H3. The highest BCUT2D eigenvalue weighted by Crippen LogP contribution is 2.14. The van der Waals surface area contributed by atoms with E-state index in [2.05, 4.69) is 0 Å². The molecule has 0 N–H and O–H groups in total. The Labute approximate surface area is 54.6 Å². The maximum atomic E-state index is 10.5. The summed E-state index contributed by atoms with van der Waals surface area (Å²) in [6.45, 7) is 0. The molecule has 1 aliphatic heterocycles. The number of nitrogens with zero attached hydrogens (tertiary/aromatic N) is 1. The number of cyclic esters (lactones) is 1. The van der Waals surface area contributed by atoms with Crippen LogP contribution in [0.1, 0.15) is 12.8 Å². The fraction of sp³-hybridized carbons (Fsp3) is 0.833. The highest BCUT2D eigenvalue weighted by Gasteiger charge is 2.24. The van der Waals surface area contributed by atoms with Crippen molar-refractivity contribution in [2.24, 2.45) is 0 Å². The van der Waals surface area contributed by atoms with Crippen LogP contribution in [0.25, 0.3) is 0 Å². The lowest BCUT2D eigenvalue weighted by molar-refractivity contribution is -0.146. The van der Waals surface area contributed by atoms with E-state index in [4.69, 9.17) is 4.74 Å². The molecule has 1 aliphatic rings. The molecule has 52 valence electrons. The van der Waals surface area contributed by atoms with Gasteiger partial charge in [-0.1, -0.05) is 0 Å². The summed E-state index contributed by atoms with van der Waals surface area (Å²) >= 11 is 0. The fourth-order valence-electron chi connectivity index (χ4n) is 0.875. The first-order valence-electron chi connectivity index (χ1n) is 3.06. The Hall–Kier alpha value is -0.570. The van der Waals surface area contributed by atoms with Crippen LogP contribution >= 0.6 is 0 Å². The molecule has 0 aromatic heterocycles. The Balaban J connectivity index is 2.39. The van der Waals surface area contributed by atoms with Crippen molar-refractivity contribution in [3.05, 3.63) is 0 Å². The molecule has 9 heavy (non-hydrogen) atoms. The lowest BCUT2D eigenvalue weighted by Crippen LogP contribution is -2.26. The zero-order valence-corrected chi connectivity index (χ0v) is 5.76. The summed E-state index contributed by atoms with van der Waals surface area (Å²) < 4.78 is 4.91. The number of carbonyl (C=O) groups is 1. The normalized spacial score (nSPS) is 27.0. The molecule has 1 fully saturated rings. The molecule has 0 radical (unpaired) electrons. The predicted molar refractivity (Wildman–Crippen MR) is 32.8 cm³/mol. The van der Waals surface area contributed by atoms with E-state index in [1.807, 2.05) is 19.0 Å². The van der Waals surface area contributed by atoms with E-state index in [9.17, 15) is 4.79 Å². The molecule has 0 amide bonds. The zero-order valence-electron chi connectivity index (χ0n) is 5.76. The first-order valence-corrected chi connectivity index (χ1v) is 3.06. The Kier molecular flexibility index (Phi) is 1.71. The van der Waals surface area contributed by atoms with Crippen LogP contribution in [0.2, 0.25) is 0 Å². The Morgan fingerprint density at radius 2 is 2.33 bits per heavy atom. The maximum Gasteiger partial charge on any atom is 0.307 e. The van der Waals surface area contributed by atoms with Crippen molar-refractivity contribution in [1.82, 2.24) is 4.90 Å². The Morgan fingerprint density at radius 3 is 2.56 bits per heavy atom. The van der Waals surface area contributed by atoms with Gasteiger partial charge in [0.1, 0.15) is 0 Å². The van der Waals surface area contributed by atoms with Gasteiger partial charge in [-0.15, -0.1) is 0 Å². The first kappa shape index (κ1) is 6.55. The van der Waals surface area contributed by atoms with Crippen LogP contribution < -0.4 is 0 Å². The molecule has 3 nitrogen and oxygen atoms in total. The van der Waals surface area contributed by atoms with Gasteiger partial charge in [0, 0.05) is 6.42 Å². The third kappa shape index (κ3) is 1.42. The van der Waals surface area contributed by atoms with Crippen molar-refractivity contribution >= 4 is 5.97 Å². The van der Waals surface area contributed by atoms with Crippen molar-refractivity contribution in [2.75, 3.05) is 14.1 Å². The fourth-order valence-corrected chi connectivity index (χ4v) is 0.875. The summed E-state index contributed by atoms with van der Waals surface area (Å²) in [6, 6.07) is 0. The molecule has 0 aromatic carbocycles. The molecular formula is C6H11NO2. The average Bonchev–Trinajstić information content (AvgIpc) is 2.14. The van der Waals surface area contributed by atoms with Crippen molar-refractivity contribution in [1.29, 1.82) is 0 Å². The molecule has 1 rings (SSSR count). The molecule has 1 unspecified atom stereocenters. The Bertz CT molecular complexity index is 122. The van der Waals surface area contributed by atoms with E-state index in [1.54, 1.807) is 0 Å². The van der Waals surface area contributed by atoms with Crippen molar-refractivity contribution < 1.29 is 9.53 Å². The van der Waals surface area contributed by atoms with Gasteiger partial charge in [0.25, 0.3) is 0 Å². The second-order valence-corrected chi connectivity index (χ2v) is 2.45. The van der Waals surface area contributed by atoms with Gasteiger partial charge in [-0.3, -0.25) is 9.69 Å². The first-order chi connectivity index (χ1) is 4.20. The third-order valence-corrected chi connectivity index (χ3v) is 1.44. The largest absolute Gasteiger partial charge is 0.446 e. The smallest absolute Gasteiger partial charge is 0.307 e. The van der Waals surface area contributed by atoms with Crippen molar-refractivity contribution in [2.45, 2.75) is 19.1 Å². The van der Waals surface area contributed by atoms with Crippen molar-refractivity contribution in [3.8, 4) is 0 Å². The lowest BCUT2D eigenvalue weighted by Gasteiger charge is -2.16. The van der Waals surface area contributed by atoms with Crippen LogP contribution in [-0.2, 0) is 9.53 Å². The van der Waals surface area contributed by atoms with Gasteiger partial charge in [0.05, 0.1) is 6.42 Å². The second-order valence-electron chi connectivity index (χ2n) is 2.45. The highest BCUT2D eigenvalue weighted by molar-refractivity contribution is 5.71. The van der Waals surface area contributed by atoms with E-state index in [0.29, 0.717) is 6.42 Å². The molecular weight excluding hydrogens is 118 g/mol. The second kappa shape index (κ2) is 2.35. The van der Waals surface area contributed by atoms with E-state index in [-0.39, 0.29) is 12.2 Å². The molecule has 1 atom stereocenters. The number of hydrogen-bond donors (Lipinski definition) is 0. The minimum absolute atomic E-state index is 0.0255. The van der Waals surface area contributed by atoms with Crippen LogP contribution in [0.15, 0.2) is 0 Å². The molecule has 0 saturated carbocycles. The number of carbonyl (C=O) groups excluding carboxylic acids is 1. The molecule has 3 heteroatoms. The number of rotatable bonds is 1. The van der Waals surface area contributed by atoms with Crippen LogP contribution in [0, 0.1) is 0 Å². The summed E-state index contributed by atoms with van der Waals surface area (Å²) in [5.41, 5.74) is 0. The molecule has 1 heterocycles. The van der Waals surface area contributed by atoms with E-state index in [1.165, 1.54) is 0 Å². The molecule has 0 aromatic rings. The number of hydrogen-bond acceptors (Lipinski definition) is 3. The quantitative estimate of drug-likeness (QED) is 0.474. The van der Waals surface area contributed by atoms with E-state index < -0.39 is 0 Å². The van der Waals surface area contributed by atoms with Gasteiger partial charge in [0.15, 0.2) is 6.23 Å². The molecule has 1 saturated heterocycles. The zero-order chi connectivity index (χ0) is 6.85. The minimum atomic E-state index is -0.0753. The van der Waals surface area contributed by atoms with Gasteiger partial charge in [-0.25, -0.2) is 0 Å². The van der Waals surface area contributed by atoms with Crippen LogP contribution in [0.5, 0.6) is 0 Å². The molecule has 0 bridgehead atoms. The average molecular weight is 129 g/mol. The van der Waals surface area contributed by atoms with Crippen molar-refractivity contribution in [3.63, 3.8) is 0 Å². The van der Waals surface area contributed by atoms with E-state index in [0.717, 1.165) is 6.42 Å². The summed E-state index contributed by atoms with van der Waals surface area (Å²) in [4.78, 5) is 12.4. The van der Waals surface area contributed by atoms with Gasteiger partial charge < -0.3 is 4.74 Å². The summed E-state index contributed by atoms with van der Waals surface area (Å²) in [5.74, 6) is -0.0753. The summed E-state index contributed by atoms with van der Waals surface area (Å²) in [6.07, 6.45) is 1.44. The van der Waals surface area contributed by atoms with Crippen LogP contribution in [-0.4, -0.2) is 31.2 Å². The molecule has 0 spiro atoms. The number of ether oxygens (including phenoxy) is 1. The lowest BCUT2D eigenvalue weighted by atomic mass is 10.3. The van der Waals surface area contributed by atoms with Crippen LogP contribution in [0.4, 0.5) is 0 Å². The third-order valence-electron chi connectivity index (χ3n) is 1.44. The summed E-state index contributed by atoms with van der Waals surface area (Å²) in [5, 5.41) is 0. The Morgan fingerprint density at radius 1 is 1.67 bits per heavy atom. The van der Waals surface area contributed by atoms with E-state index >= 15 is 0 Å². The summed E-state index contributed by atoms with van der Waals surface area (Å²) in [7, 11) is 3.81. The van der Waals surface area contributed by atoms with Gasteiger partial charge in [-0.2, -0.15) is 0 Å². The maximum absolute atomic E-state index is 10.5. The van der Waals surface area contributed by atoms with Gasteiger partial charge in [-0.05, 0) is 14.1 Å². The number of esters is 1.